The van der Waals surface area contributed by atoms with Gasteiger partial charge in [-0.25, -0.2) is 8.78 Å². The minimum absolute atomic E-state index is 0.154. The molecule has 0 unspecified atom stereocenters. The summed E-state index contributed by atoms with van der Waals surface area (Å²) in [7, 11) is 0. The van der Waals surface area contributed by atoms with Crippen molar-refractivity contribution in [2.75, 3.05) is 0 Å². The van der Waals surface area contributed by atoms with Crippen LogP contribution in [-0.2, 0) is 0 Å². The predicted octanol–water partition coefficient (Wildman–Crippen LogP) is 4.10. The van der Waals surface area contributed by atoms with Crippen LogP contribution in [-0.4, -0.2) is 6.29 Å². The van der Waals surface area contributed by atoms with E-state index in [1.807, 2.05) is 0 Å². The van der Waals surface area contributed by atoms with Crippen LogP contribution in [0.5, 0.6) is 0 Å². The minimum atomic E-state index is -0.713. The number of benzene rings is 2. The molecule has 0 saturated heterocycles. The van der Waals surface area contributed by atoms with Gasteiger partial charge in [-0.2, -0.15) is 0 Å². The molecule has 0 atom stereocenters. The van der Waals surface area contributed by atoms with Gasteiger partial charge in [0.15, 0.2) is 6.29 Å². The summed E-state index contributed by atoms with van der Waals surface area (Å²) in [6.45, 7) is 0. The van der Waals surface area contributed by atoms with E-state index in [2.05, 4.69) is 0 Å². The molecule has 0 fully saturated rings. The minimum Gasteiger partial charge on any atom is -0.298 e. The van der Waals surface area contributed by atoms with E-state index >= 15 is 0 Å². The molecule has 0 aromatic heterocycles. The highest BCUT2D eigenvalue weighted by Crippen LogP contribution is 2.29. The molecular weight excluding hydrogens is 246 g/mol. The van der Waals surface area contributed by atoms with Gasteiger partial charge in [0.1, 0.15) is 11.6 Å². The van der Waals surface area contributed by atoms with Gasteiger partial charge in [0.05, 0.1) is 5.56 Å². The summed E-state index contributed by atoms with van der Waals surface area (Å²) in [6, 6.07) is 7.83. The second-order valence-electron chi connectivity index (χ2n) is 3.45. The average molecular weight is 253 g/mol. The molecule has 2 aromatic carbocycles. The molecule has 17 heavy (non-hydrogen) atoms. The van der Waals surface area contributed by atoms with Gasteiger partial charge in [-0.05, 0) is 29.8 Å². The molecule has 0 aliphatic rings. The maximum absolute atomic E-state index is 13.6. The second kappa shape index (κ2) is 4.63. The maximum atomic E-state index is 13.6. The molecule has 86 valence electrons. The molecule has 2 aromatic rings. The Morgan fingerprint density at radius 1 is 1.06 bits per heavy atom. The van der Waals surface area contributed by atoms with Gasteiger partial charge in [-0.1, -0.05) is 23.7 Å². The zero-order chi connectivity index (χ0) is 12.4. The molecule has 0 N–H and O–H groups in total. The summed E-state index contributed by atoms with van der Waals surface area (Å²) in [5, 5.41) is 0.340. The van der Waals surface area contributed by atoms with Crippen molar-refractivity contribution < 1.29 is 13.6 Å². The number of aldehydes is 1. The first-order chi connectivity index (χ1) is 8.13. The molecule has 0 bridgehead atoms. The Balaban J connectivity index is 2.72. The lowest BCUT2D eigenvalue weighted by atomic mass is 9.99. The van der Waals surface area contributed by atoms with Gasteiger partial charge in [-0.15, -0.1) is 0 Å². The van der Waals surface area contributed by atoms with Crippen LogP contribution < -0.4 is 0 Å². The third-order valence-electron chi connectivity index (χ3n) is 2.37. The third kappa shape index (κ3) is 2.19. The number of hydrogen-bond acceptors (Lipinski definition) is 1. The van der Waals surface area contributed by atoms with Crippen molar-refractivity contribution in [2.45, 2.75) is 0 Å². The van der Waals surface area contributed by atoms with Crippen molar-refractivity contribution in [3.05, 3.63) is 58.6 Å². The molecular formula is C13H7ClF2O. The Bertz CT molecular complexity index is 561. The van der Waals surface area contributed by atoms with Crippen LogP contribution in [0, 0.1) is 11.6 Å². The Morgan fingerprint density at radius 3 is 2.29 bits per heavy atom. The number of hydrogen-bond donors (Lipinski definition) is 0. The quantitative estimate of drug-likeness (QED) is 0.736. The fourth-order valence-electron chi connectivity index (χ4n) is 1.61. The summed E-state index contributed by atoms with van der Waals surface area (Å²) in [6.07, 6.45) is 0.521. The van der Waals surface area contributed by atoms with E-state index in [9.17, 15) is 13.6 Å². The molecule has 4 heteroatoms. The summed E-state index contributed by atoms with van der Waals surface area (Å²) >= 11 is 5.72. The van der Waals surface area contributed by atoms with Crippen molar-refractivity contribution in [2.24, 2.45) is 0 Å². The molecule has 0 aliphatic heterocycles. The largest absolute Gasteiger partial charge is 0.298 e. The number of halogens is 3. The van der Waals surface area contributed by atoms with Crippen LogP contribution in [0.1, 0.15) is 10.4 Å². The van der Waals surface area contributed by atoms with Gasteiger partial charge >= 0.3 is 0 Å². The molecule has 0 saturated carbocycles. The smallest absolute Gasteiger partial charge is 0.150 e. The van der Waals surface area contributed by atoms with Crippen molar-refractivity contribution in [3.63, 3.8) is 0 Å². The van der Waals surface area contributed by atoms with E-state index < -0.39 is 11.6 Å². The van der Waals surface area contributed by atoms with Gasteiger partial charge < -0.3 is 0 Å². The standard InChI is InChI=1S/C13H7ClF2O/c14-9-4-5-10(8(6-9)7-17)13-11(15)2-1-3-12(13)16/h1-7H. The summed E-state index contributed by atoms with van der Waals surface area (Å²) in [4.78, 5) is 10.9. The second-order valence-corrected chi connectivity index (χ2v) is 3.88. The number of carbonyl (C=O) groups is 1. The van der Waals surface area contributed by atoms with Gasteiger partial charge in [-0.3, -0.25) is 4.79 Å². The van der Waals surface area contributed by atoms with E-state index in [-0.39, 0.29) is 16.7 Å². The van der Waals surface area contributed by atoms with Crippen LogP contribution in [0.2, 0.25) is 5.02 Å². The van der Waals surface area contributed by atoms with E-state index in [1.54, 1.807) is 0 Å². The van der Waals surface area contributed by atoms with Crippen LogP contribution in [0.25, 0.3) is 11.1 Å². The molecule has 0 amide bonds. The average Bonchev–Trinajstić information content (AvgIpc) is 2.30. The SMILES string of the molecule is O=Cc1cc(Cl)ccc1-c1c(F)cccc1F. The van der Waals surface area contributed by atoms with E-state index in [0.717, 1.165) is 12.1 Å². The molecule has 0 aliphatic carbocycles. The lowest BCUT2D eigenvalue weighted by Gasteiger charge is -2.07. The Hall–Kier alpha value is -1.74. The fourth-order valence-corrected chi connectivity index (χ4v) is 1.79. The Labute approximate surface area is 102 Å². The van der Waals surface area contributed by atoms with Crippen molar-refractivity contribution in [3.8, 4) is 11.1 Å². The lowest BCUT2D eigenvalue weighted by molar-refractivity contribution is 0.112. The molecule has 2 rings (SSSR count). The normalized spacial score (nSPS) is 10.3. The van der Waals surface area contributed by atoms with Crippen molar-refractivity contribution >= 4 is 17.9 Å². The summed E-state index contributed by atoms with van der Waals surface area (Å²) < 4.78 is 27.1. The van der Waals surface area contributed by atoms with E-state index in [0.29, 0.717) is 11.3 Å². The summed E-state index contributed by atoms with van der Waals surface area (Å²) in [5.41, 5.74) is 0.132. The first-order valence-electron chi connectivity index (χ1n) is 4.82. The Morgan fingerprint density at radius 2 is 1.71 bits per heavy atom. The molecule has 0 radical (unpaired) electrons. The van der Waals surface area contributed by atoms with Gasteiger partial charge in [0, 0.05) is 10.6 Å². The maximum Gasteiger partial charge on any atom is 0.150 e. The molecule has 0 spiro atoms. The van der Waals surface area contributed by atoms with Crippen LogP contribution in [0.3, 0.4) is 0 Å². The highest BCUT2D eigenvalue weighted by Gasteiger charge is 2.14. The molecule has 1 nitrogen and oxygen atoms in total. The predicted molar refractivity (Wildman–Crippen MR) is 62.2 cm³/mol. The fraction of sp³-hybridized carbons (Fsp3) is 0. The summed E-state index contributed by atoms with van der Waals surface area (Å²) in [5.74, 6) is -1.43. The van der Waals surface area contributed by atoms with E-state index in [1.165, 1.54) is 24.3 Å². The van der Waals surface area contributed by atoms with Crippen LogP contribution in [0.15, 0.2) is 36.4 Å². The number of carbonyl (C=O) groups excluding carboxylic acids is 1. The topological polar surface area (TPSA) is 17.1 Å². The highest BCUT2D eigenvalue weighted by molar-refractivity contribution is 6.31. The highest BCUT2D eigenvalue weighted by atomic mass is 35.5. The van der Waals surface area contributed by atoms with Crippen molar-refractivity contribution in [1.29, 1.82) is 0 Å². The first-order valence-corrected chi connectivity index (χ1v) is 5.20. The zero-order valence-electron chi connectivity index (χ0n) is 8.58. The first kappa shape index (κ1) is 11.7. The third-order valence-corrected chi connectivity index (χ3v) is 2.61. The Kier molecular flexibility index (Phi) is 3.20. The lowest BCUT2D eigenvalue weighted by Crippen LogP contribution is -1.94. The molecule has 0 heterocycles. The van der Waals surface area contributed by atoms with Gasteiger partial charge in [0.25, 0.3) is 0 Å². The zero-order valence-corrected chi connectivity index (χ0v) is 9.34. The van der Waals surface area contributed by atoms with Gasteiger partial charge in [0.2, 0.25) is 0 Å². The van der Waals surface area contributed by atoms with Crippen molar-refractivity contribution in [1.82, 2.24) is 0 Å². The van der Waals surface area contributed by atoms with Crippen LogP contribution >= 0.6 is 11.6 Å². The van der Waals surface area contributed by atoms with Crippen LogP contribution in [0.4, 0.5) is 8.78 Å². The monoisotopic (exact) mass is 252 g/mol. The van der Waals surface area contributed by atoms with E-state index in [4.69, 9.17) is 11.6 Å². The number of rotatable bonds is 2.